The predicted molar refractivity (Wildman–Crippen MR) is 64.7 cm³/mol. The monoisotopic (exact) mass is 285 g/mol. The molecule has 3 N–H and O–H groups in total. The molecule has 0 bridgehead atoms. The smallest absolute Gasteiger partial charge is 0.437 e. The number of rotatable bonds is 2. The molecule has 0 fully saturated rings. The van der Waals surface area contributed by atoms with Crippen LogP contribution in [0.1, 0.15) is 21.6 Å². The highest BCUT2D eigenvalue weighted by Gasteiger charge is 2.36. The minimum atomic E-state index is -4.63. The van der Waals surface area contributed by atoms with E-state index in [1.165, 1.54) is 18.2 Å². The molecule has 0 amide bonds. The van der Waals surface area contributed by atoms with Gasteiger partial charge in [0.15, 0.2) is 5.69 Å². The van der Waals surface area contributed by atoms with E-state index in [0.29, 0.717) is 11.3 Å². The number of hydrogen-bond acceptors (Lipinski definition) is 3. The van der Waals surface area contributed by atoms with Gasteiger partial charge in [-0.2, -0.15) is 18.3 Å². The largest absolute Gasteiger partial charge is 0.478 e. The maximum Gasteiger partial charge on any atom is 0.437 e. The van der Waals surface area contributed by atoms with Gasteiger partial charge in [0.2, 0.25) is 0 Å². The molecule has 106 valence electrons. The highest BCUT2D eigenvalue weighted by molar-refractivity contribution is 5.88. The normalized spacial score (nSPS) is 11.6. The molecular formula is C12H10F3N3O2. The zero-order valence-corrected chi connectivity index (χ0v) is 10.3. The van der Waals surface area contributed by atoms with Gasteiger partial charge in [-0.1, -0.05) is 0 Å². The van der Waals surface area contributed by atoms with Crippen LogP contribution in [0.25, 0.3) is 5.69 Å². The van der Waals surface area contributed by atoms with Crippen LogP contribution in [0.3, 0.4) is 0 Å². The van der Waals surface area contributed by atoms with E-state index >= 15 is 0 Å². The number of carboxylic acids is 1. The van der Waals surface area contributed by atoms with Crippen LogP contribution in [-0.2, 0) is 6.18 Å². The molecule has 2 aromatic rings. The fraction of sp³-hybridized carbons (Fsp3) is 0.167. The Hall–Kier alpha value is -2.51. The number of anilines is 1. The fourth-order valence-electron chi connectivity index (χ4n) is 1.78. The van der Waals surface area contributed by atoms with Crippen molar-refractivity contribution in [2.75, 3.05) is 5.73 Å². The molecule has 0 atom stereocenters. The maximum atomic E-state index is 12.6. The van der Waals surface area contributed by atoms with Crippen LogP contribution in [0.4, 0.5) is 18.9 Å². The van der Waals surface area contributed by atoms with Crippen LogP contribution in [0.15, 0.2) is 24.4 Å². The fourth-order valence-corrected chi connectivity index (χ4v) is 1.78. The van der Waals surface area contributed by atoms with E-state index in [4.69, 9.17) is 10.8 Å². The van der Waals surface area contributed by atoms with Gasteiger partial charge in [0, 0.05) is 0 Å². The van der Waals surface area contributed by atoms with Crippen molar-refractivity contribution in [2.45, 2.75) is 13.1 Å². The summed E-state index contributed by atoms with van der Waals surface area (Å²) in [6.45, 7) is 1.58. The van der Waals surface area contributed by atoms with Crippen molar-refractivity contribution in [3.05, 3.63) is 41.2 Å². The van der Waals surface area contributed by atoms with E-state index in [-0.39, 0.29) is 5.56 Å². The summed E-state index contributed by atoms with van der Waals surface area (Å²) in [7, 11) is 0. The van der Waals surface area contributed by atoms with Crippen LogP contribution >= 0.6 is 0 Å². The SMILES string of the molecule is Cc1cc(C(=O)O)ccc1-n1cc(N)c(C(F)(F)F)n1. The van der Waals surface area contributed by atoms with E-state index < -0.39 is 23.5 Å². The van der Waals surface area contributed by atoms with E-state index in [1.807, 2.05) is 0 Å². The van der Waals surface area contributed by atoms with Crippen molar-refractivity contribution in [3.8, 4) is 5.69 Å². The summed E-state index contributed by atoms with van der Waals surface area (Å²) in [5.74, 6) is -1.12. The summed E-state index contributed by atoms with van der Waals surface area (Å²) in [6.07, 6.45) is -3.59. The van der Waals surface area contributed by atoms with Crippen molar-refractivity contribution in [1.29, 1.82) is 0 Å². The highest BCUT2D eigenvalue weighted by atomic mass is 19.4. The zero-order chi connectivity index (χ0) is 15.1. The molecular weight excluding hydrogens is 275 g/mol. The Morgan fingerprint density at radius 1 is 1.40 bits per heavy atom. The number of alkyl halides is 3. The Labute approximate surface area is 111 Å². The third-order valence-electron chi connectivity index (χ3n) is 2.70. The van der Waals surface area contributed by atoms with Gasteiger partial charge < -0.3 is 10.8 Å². The average Bonchev–Trinajstić information content (AvgIpc) is 2.70. The lowest BCUT2D eigenvalue weighted by Crippen LogP contribution is -2.09. The van der Waals surface area contributed by atoms with Crippen LogP contribution in [0.2, 0.25) is 0 Å². The van der Waals surface area contributed by atoms with Crippen molar-refractivity contribution < 1.29 is 23.1 Å². The number of hydrogen-bond donors (Lipinski definition) is 2. The maximum absolute atomic E-state index is 12.6. The van der Waals surface area contributed by atoms with Crippen molar-refractivity contribution in [1.82, 2.24) is 9.78 Å². The molecule has 1 aromatic heterocycles. The zero-order valence-electron chi connectivity index (χ0n) is 10.3. The first-order chi connectivity index (χ1) is 9.20. The summed E-state index contributed by atoms with van der Waals surface area (Å²) in [4.78, 5) is 10.8. The van der Waals surface area contributed by atoms with E-state index in [9.17, 15) is 18.0 Å². The van der Waals surface area contributed by atoms with Crippen LogP contribution in [0, 0.1) is 6.92 Å². The third kappa shape index (κ3) is 2.44. The number of carbonyl (C=O) groups is 1. The molecule has 20 heavy (non-hydrogen) atoms. The lowest BCUT2D eigenvalue weighted by molar-refractivity contribution is -0.140. The lowest BCUT2D eigenvalue weighted by Gasteiger charge is -2.07. The number of nitrogen functional groups attached to an aromatic ring is 1. The number of nitrogens with two attached hydrogens (primary N) is 1. The summed E-state index contributed by atoms with van der Waals surface area (Å²) in [5.41, 5.74) is 4.49. The average molecular weight is 285 g/mol. The molecule has 0 saturated heterocycles. The molecule has 2 rings (SSSR count). The minimum absolute atomic E-state index is 0.0439. The summed E-state index contributed by atoms with van der Waals surface area (Å²) < 4.78 is 38.8. The topological polar surface area (TPSA) is 81.1 Å². The van der Waals surface area contributed by atoms with Gasteiger partial charge in [0.05, 0.1) is 23.1 Å². The van der Waals surface area contributed by atoms with E-state index in [0.717, 1.165) is 10.9 Å². The molecule has 5 nitrogen and oxygen atoms in total. The third-order valence-corrected chi connectivity index (χ3v) is 2.70. The number of carboxylic acid groups (broad SMARTS) is 1. The van der Waals surface area contributed by atoms with Crippen molar-refractivity contribution in [2.24, 2.45) is 0 Å². The van der Waals surface area contributed by atoms with Crippen LogP contribution < -0.4 is 5.73 Å². The second-order valence-corrected chi connectivity index (χ2v) is 4.18. The number of aromatic nitrogens is 2. The molecule has 0 aliphatic heterocycles. The molecule has 0 aliphatic carbocycles. The first-order valence-corrected chi connectivity index (χ1v) is 5.47. The van der Waals surface area contributed by atoms with Crippen LogP contribution in [0.5, 0.6) is 0 Å². The van der Waals surface area contributed by atoms with Gasteiger partial charge in [0.25, 0.3) is 0 Å². The highest BCUT2D eigenvalue weighted by Crippen LogP contribution is 2.32. The molecule has 0 saturated carbocycles. The van der Waals surface area contributed by atoms with Gasteiger partial charge in [0.1, 0.15) is 0 Å². The molecule has 0 aliphatic rings. The van der Waals surface area contributed by atoms with Gasteiger partial charge in [-0.3, -0.25) is 0 Å². The standard InChI is InChI=1S/C12H10F3N3O2/c1-6-4-7(11(19)20)2-3-9(6)18-5-8(16)10(17-18)12(13,14)15/h2-5H,16H2,1H3,(H,19,20). The summed E-state index contributed by atoms with van der Waals surface area (Å²) in [6, 6.07) is 4.02. The minimum Gasteiger partial charge on any atom is -0.478 e. The number of nitrogens with zero attached hydrogens (tertiary/aromatic N) is 2. The number of benzene rings is 1. The number of aryl methyl sites for hydroxylation is 1. The Kier molecular flexibility index (Phi) is 3.16. The molecule has 0 unspecified atom stereocenters. The van der Waals surface area contributed by atoms with Gasteiger partial charge in [-0.15, -0.1) is 0 Å². The first kappa shape index (κ1) is 13.9. The molecule has 1 heterocycles. The van der Waals surface area contributed by atoms with Crippen LogP contribution in [-0.4, -0.2) is 20.9 Å². The first-order valence-electron chi connectivity index (χ1n) is 5.47. The van der Waals surface area contributed by atoms with E-state index in [1.54, 1.807) is 6.92 Å². The van der Waals surface area contributed by atoms with Gasteiger partial charge >= 0.3 is 12.1 Å². The molecule has 0 spiro atoms. The summed E-state index contributed by atoms with van der Waals surface area (Å²) >= 11 is 0. The Bertz CT molecular complexity index is 677. The van der Waals surface area contributed by atoms with Gasteiger partial charge in [-0.05, 0) is 30.7 Å². The van der Waals surface area contributed by atoms with Crippen molar-refractivity contribution in [3.63, 3.8) is 0 Å². The quantitative estimate of drug-likeness (QED) is 0.888. The second kappa shape index (κ2) is 4.55. The Morgan fingerprint density at radius 3 is 2.50 bits per heavy atom. The van der Waals surface area contributed by atoms with E-state index in [2.05, 4.69) is 5.10 Å². The molecule has 1 aromatic carbocycles. The lowest BCUT2D eigenvalue weighted by atomic mass is 10.1. The van der Waals surface area contributed by atoms with Gasteiger partial charge in [-0.25, -0.2) is 9.48 Å². The van der Waals surface area contributed by atoms with Crippen molar-refractivity contribution >= 4 is 11.7 Å². The second-order valence-electron chi connectivity index (χ2n) is 4.18. The Morgan fingerprint density at radius 2 is 2.05 bits per heavy atom. The molecule has 8 heteroatoms. The predicted octanol–water partition coefficient (Wildman–Crippen LogP) is 2.48. The molecule has 0 radical (unpaired) electrons. The summed E-state index contributed by atoms with van der Waals surface area (Å²) in [5, 5.41) is 12.2. The Balaban J connectivity index is 2.50. The number of aromatic carboxylic acids is 1. The number of halogens is 3.